The molecule has 4 amide bonds. The zero-order chi connectivity index (χ0) is 23.4. The van der Waals surface area contributed by atoms with Crippen LogP contribution < -0.4 is 4.74 Å². The summed E-state index contributed by atoms with van der Waals surface area (Å²) in [5.74, 6) is -0.243. The van der Waals surface area contributed by atoms with Crippen LogP contribution in [0.15, 0.2) is 48.5 Å². The normalized spacial score (nSPS) is 15.6. The molecule has 0 aromatic heterocycles. The highest BCUT2D eigenvalue weighted by Crippen LogP contribution is 2.23. The van der Waals surface area contributed by atoms with Gasteiger partial charge in [0.15, 0.2) is 6.61 Å². The van der Waals surface area contributed by atoms with Crippen molar-refractivity contribution < 1.29 is 23.9 Å². The summed E-state index contributed by atoms with van der Waals surface area (Å²) in [5.41, 5.74) is 1.82. The van der Waals surface area contributed by atoms with E-state index in [0.29, 0.717) is 37.3 Å². The molecule has 8 nitrogen and oxygen atoms in total. The highest BCUT2D eigenvalue weighted by Gasteiger charge is 2.35. The van der Waals surface area contributed by atoms with Gasteiger partial charge in [-0.1, -0.05) is 37.3 Å². The van der Waals surface area contributed by atoms with Gasteiger partial charge in [0.2, 0.25) is 5.91 Å². The predicted molar refractivity (Wildman–Crippen MR) is 121 cm³/mol. The number of carbonyl (C=O) groups excluding carboxylic acids is 4. The molecule has 172 valence electrons. The molecular weight excluding hydrogens is 422 g/mol. The number of benzene rings is 2. The number of carbonyl (C=O) groups is 4. The van der Waals surface area contributed by atoms with Crippen LogP contribution in [0.25, 0.3) is 0 Å². The summed E-state index contributed by atoms with van der Waals surface area (Å²) in [6.45, 7) is 3.73. The number of fused-ring (bicyclic) bond motifs is 1. The van der Waals surface area contributed by atoms with Gasteiger partial charge in [-0.3, -0.25) is 24.1 Å². The van der Waals surface area contributed by atoms with E-state index in [-0.39, 0.29) is 43.2 Å². The van der Waals surface area contributed by atoms with Gasteiger partial charge in [-0.05, 0) is 30.2 Å². The number of nitrogens with zero attached hydrogens (tertiary/aromatic N) is 3. The number of piperazine rings is 1. The van der Waals surface area contributed by atoms with Gasteiger partial charge in [0, 0.05) is 39.1 Å². The molecule has 8 heteroatoms. The summed E-state index contributed by atoms with van der Waals surface area (Å²) in [6, 6.07) is 14.3. The number of ether oxygens (including phenoxy) is 1. The third kappa shape index (κ3) is 4.74. The molecule has 1 saturated heterocycles. The van der Waals surface area contributed by atoms with Gasteiger partial charge in [0.1, 0.15) is 5.75 Å². The van der Waals surface area contributed by atoms with Crippen molar-refractivity contribution in [1.29, 1.82) is 0 Å². The Morgan fingerprint density at radius 2 is 1.36 bits per heavy atom. The van der Waals surface area contributed by atoms with E-state index in [1.165, 1.54) is 0 Å². The second kappa shape index (κ2) is 9.85. The number of aryl methyl sites for hydroxylation is 1. The summed E-state index contributed by atoms with van der Waals surface area (Å²) in [4.78, 5) is 54.6. The number of hydrogen-bond donors (Lipinski definition) is 0. The van der Waals surface area contributed by atoms with Crippen molar-refractivity contribution >= 4 is 23.6 Å². The fraction of sp³-hybridized carbons (Fsp3) is 0.360. The molecule has 0 bridgehead atoms. The van der Waals surface area contributed by atoms with Crippen molar-refractivity contribution in [3.05, 3.63) is 65.2 Å². The molecule has 4 rings (SSSR count). The van der Waals surface area contributed by atoms with E-state index in [1.54, 1.807) is 34.1 Å². The maximum absolute atomic E-state index is 12.6. The van der Waals surface area contributed by atoms with E-state index >= 15 is 0 Å². The molecule has 2 aromatic carbocycles. The van der Waals surface area contributed by atoms with Crippen molar-refractivity contribution in [2.45, 2.75) is 19.8 Å². The zero-order valence-electron chi connectivity index (χ0n) is 18.7. The lowest BCUT2D eigenvalue weighted by molar-refractivity contribution is -0.140. The molecule has 0 spiro atoms. The fourth-order valence-corrected chi connectivity index (χ4v) is 4.18. The average molecular weight is 450 g/mol. The molecule has 0 unspecified atom stereocenters. The lowest BCUT2D eigenvalue weighted by atomic mass is 10.1. The van der Waals surface area contributed by atoms with Crippen molar-refractivity contribution in [2.75, 3.05) is 39.3 Å². The summed E-state index contributed by atoms with van der Waals surface area (Å²) in [6.07, 6.45) is 0.891. The predicted octanol–water partition coefficient (Wildman–Crippen LogP) is 1.98. The second-order valence-electron chi connectivity index (χ2n) is 8.07. The Balaban J connectivity index is 1.23. The van der Waals surface area contributed by atoms with Crippen LogP contribution in [0.5, 0.6) is 5.75 Å². The first kappa shape index (κ1) is 22.5. The van der Waals surface area contributed by atoms with Gasteiger partial charge >= 0.3 is 0 Å². The van der Waals surface area contributed by atoms with Crippen LogP contribution in [0.4, 0.5) is 0 Å². The Morgan fingerprint density at radius 3 is 1.97 bits per heavy atom. The molecule has 0 N–H and O–H groups in total. The van der Waals surface area contributed by atoms with Crippen molar-refractivity contribution in [3.8, 4) is 5.75 Å². The van der Waals surface area contributed by atoms with Gasteiger partial charge < -0.3 is 14.5 Å². The number of rotatable bonds is 7. The minimum absolute atomic E-state index is 0.0370. The Kier molecular flexibility index (Phi) is 6.72. The standard InChI is InChI=1S/C25H27N3O5/c1-2-18-7-3-6-10-21(18)33-17-23(30)27-15-13-26(14-16-27)22(29)11-12-28-24(31)19-8-4-5-9-20(19)25(28)32/h3-10H,2,11-17H2,1H3. The second-order valence-corrected chi connectivity index (χ2v) is 8.07. The highest BCUT2D eigenvalue weighted by atomic mass is 16.5. The maximum atomic E-state index is 12.6. The van der Waals surface area contributed by atoms with Crippen LogP contribution in [0.3, 0.4) is 0 Å². The van der Waals surface area contributed by atoms with Crippen molar-refractivity contribution in [1.82, 2.24) is 14.7 Å². The van der Waals surface area contributed by atoms with Crippen LogP contribution >= 0.6 is 0 Å². The molecule has 2 aromatic rings. The van der Waals surface area contributed by atoms with Crippen LogP contribution in [0.1, 0.15) is 39.6 Å². The Hall–Kier alpha value is -3.68. The summed E-state index contributed by atoms with van der Waals surface area (Å²) in [5, 5.41) is 0. The number of imide groups is 1. The molecule has 0 aliphatic carbocycles. The van der Waals surface area contributed by atoms with Crippen LogP contribution in [-0.4, -0.2) is 77.7 Å². The third-order valence-electron chi connectivity index (χ3n) is 6.12. The van der Waals surface area contributed by atoms with Crippen molar-refractivity contribution in [2.24, 2.45) is 0 Å². The molecule has 1 fully saturated rings. The quantitative estimate of drug-likeness (QED) is 0.604. The molecule has 2 aliphatic rings. The molecule has 2 heterocycles. The SMILES string of the molecule is CCc1ccccc1OCC(=O)N1CCN(C(=O)CCN2C(=O)c3ccccc3C2=O)CC1. The maximum Gasteiger partial charge on any atom is 0.261 e. The minimum atomic E-state index is -0.358. The molecular formula is C25H27N3O5. The van der Waals surface area contributed by atoms with E-state index < -0.39 is 0 Å². The van der Waals surface area contributed by atoms with Crippen LogP contribution in [-0.2, 0) is 16.0 Å². The van der Waals surface area contributed by atoms with Crippen LogP contribution in [0.2, 0.25) is 0 Å². The largest absolute Gasteiger partial charge is 0.483 e. The smallest absolute Gasteiger partial charge is 0.261 e. The first-order valence-corrected chi connectivity index (χ1v) is 11.2. The molecule has 0 atom stereocenters. The Morgan fingerprint density at radius 1 is 0.818 bits per heavy atom. The average Bonchev–Trinajstić information content (AvgIpc) is 3.10. The fourth-order valence-electron chi connectivity index (χ4n) is 4.18. The molecule has 2 aliphatic heterocycles. The van der Waals surface area contributed by atoms with E-state index in [2.05, 4.69) is 0 Å². The summed E-state index contributed by atoms with van der Waals surface area (Å²) < 4.78 is 5.72. The number of para-hydroxylation sites is 1. The number of amides is 4. The van der Waals surface area contributed by atoms with Gasteiger partial charge in [-0.15, -0.1) is 0 Å². The van der Waals surface area contributed by atoms with Gasteiger partial charge in [-0.2, -0.15) is 0 Å². The van der Waals surface area contributed by atoms with E-state index in [1.807, 2.05) is 31.2 Å². The molecule has 0 saturated carbocycles. The summed E-state index contributed by atoms with van der Waals surface area (Å²) >= 11 is 0. The first-order valence-electron chi connectivity index (χ1n) is 11.2. The highest BCUT2D eigenvalue weighted by molar-refractivity contribution is 6.21. The lowest BCUT2D eigenvalue weighted by Crippen LogP contribution is -2.52. The summed E-state index contributed by atoms with van der Waals surface area (Å²) in [7, 11) is 0. The van der Waals surface area contributed by atoms with E-state index in [4.69, 9.17) is 4.74 Å². The van der Waals surface area contributed by atoms with Gasteiger partial charge in [0.05, 0.1) is 11.1 Å². The van der Waals surface area contributed by atoms with Gasteiger partial charge in [-0.25, -0.2) is 0 Å². The molecule has 0 radical (unpaired) electrons. The first-order chi connectivity index (χ1) is 16.0. The van der Waals surface area contributed by atoms with E-state index in [9.17, 15) is 19.2 Å². The van der Waals surface area contributed by atoms with E-state index in [0.717, 1.165) is 22.6 Å². The monoisotopic (exact) mass is 449 g/mol. The third-order valence-corrected chi connectivity index (χ3v) is 6.12. The lowest BCUT2D eigenvalue weighted by Gasteiger charge is -2.35. The van der Waals surface area contributed by atoms with Crippen molar-refractivity contribution in [3.63, 3.8) is 0 Å². The van der Waals surface area contributed by atoms with Crippen LogP contribution in [0, 0.1) is 0 Å². The zero-order valence-corrected chi connectivity index (χ0v) is 18.7. The van der Waals surface area contributed by atoms with Gasteiger partial charge in [0.25, 0.3) is 17.7 Å². The number of hydrogen-bond acceptors (Lipinski definition) is 5. The Bertz CT molecular complexity index is 1040. The minimum Gasteiger partial charge on any atom is -0.483 e. The molecule has 33 heavy (non-hydrogen) atoms. The topological polar surface area (TPSA) is 87.2 Å². The Labute approximate surface area is 192 Å².